The van der Waals surface area contributed by atoms with Crippen molar-refractivity contribution >= 4 is 22.7 Å². The van der Waals surface area contributed by atoms with Crippen molar-refractivity contribution in [2.75, 3.05) is 0 Å². The fourth-order valence-electron chi connectivity index (χ4n) is 3.65. The number of benzene rings is 1. The van der Waals surface area contributed by atoms with Gasteiger partial charge in [-0.2, -0.15) is 11.8 Å². The highest BCUT2D eigenvalue weighted by Gasteiger charge is 2.44. The van der Waals surface area contributed by atoms with Gasteiger partial charge in [-0.05, 0) is 43.4 Å². The molecule has 2 bridgehead atoms. The van der Waals surface area contributed by atoms with E-state index in [1.165, 1.54) is 12.8 Å². The number of aliphatic hydroxyl groups is 1. The molecule has 2 fully saturated rings. The van der Waals surface area contributed by atoms with Gasteiger partial charge < -0.3 is 5.11 Å². The Labute approximate surface area is 117 Å². The van der Waals surface area contributed by atoms with Gasteiger partial charge in [0.1, 0.15) is 0 Å². The summed E-state index contributed by atoms with van der Waals surface area (Å²) in [5.74, 6) is 0. The molecule has 0 saturated carbocycles. The van der Waals surface area contributed by atoms with Crippen molar-refractivity contribution < 1.29 is 5.11 Å². The first kappa shape index (κ1) is 11.7. The SMILES string of the molecule is OC1(c2cccc3ncccc23)CC2CCC(C1)S2. The second kappa shape index (κ2) is 4.22. The van der Waals surface area contributed by atoms with Crippen LogP contribution in [0.3, 0.4) is 0 Å². The number of fused-ring (bicyclic) bond motifs is 3. The van der Waals surface area contributed by atoms with Crippen LogP contribution in [0.25, 0.3) is 10.9 Å². The quantitative estimate of drug-likeness (QED) is 0.862. The van der Waals surface area contributed by atoms with E-state index in [1.807, 2.05) is 24.4 Å². The summed E-state index contributed by atoms with van der Waals surface area (Å²) in [4.78, 5) is 4.41. The van der Waals surface area contributed by atoms with Crippen LogP contribution in [0, 0.1) is 0 Å². The minimum absolute atomic E-state index is 0.635. The van der Waals surface area contributed by atoms with Crippen molar-refractivity contribution in [1.82, 2.24) is 4.98 Å². The maximum absolute atomic E-state index is 11.2. The molecule has 0 amide bonds. The second-order valence-electron chi connectivity index (χ2n) is 5.77. The Morgan fingerprint density at radius 2 is 1.89 bits per heavy atom. The van der Waals surface area contributed by atoms with E-state index in [2.05, 4.69) is 28.9 Å². The minimum Gasteiger partial charge on any atom is -0.385 e. The maximum atomic E-state index is 11.2. The van der Waals surface area contributed by atoms with Crippen LogP contribution in [0.1, 0.15) is 31.2 Å². The van der Waals surface area contributed by atoms with Gasteiger partial charge in [0.25, 0.3) is 0 Å². The van der Waals surface area contributed by atoms with Gasteiger partial charge in [-0.15, -0.1) is 0 Å². The molecule has 2 aliphatic heterocycles. The number of rotatable bonds is 1. The third-order valence-corrected chi connectivity index (χ3v) is 6.05. The molecule has 2 unspecified atom stereocenters. The molecular weight excluding hydrogens is 254 g/mol. The van der Waals surface area contributed by atoms with Crippen molar-refractivity contribution in [3.8, 4) is 0 Å². The minimum atomic E-state index is -0.653. The number of hydrogen-bond donors (Lipinski definition) is 1. The van der Waals surface area contributed by atoms with Crippen molar-refractivity contribution in [3.63, 3.8) is 0 Å². The first-order valence-electron chi connectivity index (χ1n) is 6.97. The van der Waals surface area contributed by atoms with Crippen LogP contribution < -0.4 is 0 Å². The Hall–Kier alpha value is -1.06. The van der Waals surface area contributed by atoms with E-state index < -0.39 is 5.60 Å². The van der Waals surface area contributed by atoms with E-state index in [9.17, 15) is 5.11 Å². The van der Waals surface area contributed by atoms with E-state index >= 15 is 0 Å². The van der Waals surface area contributed by atoms with E-state index in [4.69, 9.17) is 0 Å². The average molecular weight is 271 g/mol. The molecule has 19 heavy (non-hydrogen) atoms. The van der Waals surface area contributed by atoms with Gasteiger partial charge in [0.15, 0.2) is 0 Å². The Balaban J connectivity index is 1.85. The molecule has 2 saturated heterocycles. The summed E-state index contributed by atoms with van der Waals surface area (Å²) in [5, 5.41) is 13.6. The fourth-order valence-corrected chi connectivity index (χ4v) is 5.48. The molecule has 3 heteroatoms. The molecule has 0 aliphatic carbocycles. The number of nitrogens with zero attached hydrogens (tertiary/aromatic N) is 1. The van der Waals surface area contributed by atoms with E-state index in [0.29, 0.717) is 10.5 Å². The normalized spacial score (nSPS) is 33.7. The van der Waals surface area contributed by atoms with Crippen LogP contribution in [-0.4, -0.2) is 20.6 Å². The van der Waals surface area contributed by atoms with E-state index in [0.717, 1.165) is 29.3 Å². The summed E-state index contributed by atoms with van der Waals surface area (Å²) in [5.41, 5.74) is 1.41. The predicted octanol–water partition coefficient (Wildman–Crippen LogP) is 3.48. The second-order valence-corrected chi connectivity index (χ2v) is 7.38. The van der Waals surface area contributed by atoms with Gasteiger partial charge in [0.2, 0.25) is 0 Å². The number of pyridine rings is 1. The number of aromatic nitrogens is 1. The number of thioether (sulfide) groups is 1. The van der Waals surface area contributed by atoms with Gasteiger partial charge in [0, 0.05) is 22.1 Å². The van der Waals surface area contributed by atoms with Crippen LogP contribution in [0.5, 0.6) is 0 Å². The van der Waals surface area contributed by atoms with Crippen molar-refractivity contribution in [2.24, 2.45) is 0 Å². The highest BCUT2D eigenvalue weighted by molar-refractivity contribution is 8.00. The molecule has 4 rings (SSSR count). The summed E-state index contributed by atoms with van der Waals surface area (Å²) in [6.45, 7) is 0. The topological polar surface area (TPSA) is 33.1 Å². The smallest absolute Gasteiger partial charge is 0.0924 e. The van der Waals surface area contributed by atoms with Crippen LogP contribution in [0.2, 0.25) is 0 Å². The Morgan fingerprint density at radius 1 is 1.11 bits per heavy atom. The van der Waals surface area contributed by atoms with Gasteiger partial charge >= 0.3 is 0 Å². The zero-order valence-electron chi connectivity index (χ0n) is 10.7. The molecule has 2 atom stereocenters. The molecule has 2 aromatic rings. The van der Waals surface area contributed by atoms with E-state index in [1.54, 1.807) is 0 Å². The molecule has 1 N–H and O–H groups in total. The largest absolute Gasteiger partial charge is 0.385 e. The van der Waals surface area contributed by atoms with E-state index in [-0.39, 0.29) is 0 Å². The highest BCUT2D eigenvalue weighted by atomic mass is 32.2. The highest BCUT2D eigenvalue weighted by Crippen LogP contribution is 2.51. The summed E-state index contributed by atoms with van der Waals surface area (Å²) in [6.07, 6.45) is 6.13. The van der Waals surface area contributed by atoms with Gasteiger partial charge in [0.05, 0.1) is 11.1 Å². The predicted molar refractivity (Wildman–Crippen MR) is 79.3 cm³/mol. The number of hydrogen-bond acceptors (Lipinski definition) is 3. The standard InChI is InChI=1S/C16H17NOS/c18-16(9-11-6-7-12(10-16)19-11)14-4-1-5-15-13(14)3-2-8-17-15/h1-5,8,11-12,18H,6-7,9-10H2. The third kappa shape index (κ3) is 1.87. The van der Waals surface area contributed by atoms with Crippen molar-refractivity contribution in [2.45, 2.75) is 41.8 Å². The first-order valence-corrected chi connectivity index (χ1v) is 7.91. The van der Waals surface area contributed by atoms with Crippen LogP contribution in [-0.2, 0) is 5.60 Å². The van der Waals surface area contributed by atoms with Crippen LogP contribution in [0.4, 0.5) is 0 Å². The molecule has 2 aliphatic rings. The Kier molecular flexibility index (Phi) is 2.61. The molecular formula is C16H17NOS. The molecule has 2 nitrogen and oxygen atoms in total. The fraction of sp³-hybridized carbons (Fsp3) is 0.438. The molecule has 1 aromatic heterocycles. The first-order chi connectivity index (χ1) is 9.24. The molecule has 1 aromatic carbocycles. The molecule has 0 radical (unpaired) electrons. The third-order valence-electron chi connectivity index (χ3n) is 4.47. The Bertz CT molecular complexity index is 610. The average Bonchev–Trinajstić information content (AvgIpc) is 2.78. The zero-order valence-corrected chi connectivity index (χ0v) is 11.6. The summed E-state index contributed by atoms with van der Waals surface area (Å²) >= 11 is 2.08. The van der Waals surface area contributed by atoms with Crippen LogP contribution in [0.15, 0.2) is 36.5 Å². The monoisotopic (exact) mass is 271 g/mol. The summed E-state index contributed by atoms with van der Waals surface area (Å²) in [6, 6.07) is 10.2. The lowest BCUT2D eigenvalue weighted by molar-refractivity contribution is 0.0211. The van der Waals surface area contributed by atoms with Gasteiger partial charge in [-0.3, -0.25) is 4.98 Å². The van der Waals surface area contributed by atoms with Gasteiger partial charge in [-0.1, -0.05) is 18.2 Å². The lowest BCUT2D eigenvalue weighted by atomic mass is 9.84. The zero-order chi connectivity index (χ0) is 12.9. The molecule has 3 heterocycles. The maximum Gasteiger partial charge on any atom is 0.0924 e. The summed E-state index contributed by atoms with van der Waals surface area (Å²) < 4.78 is 0. The van der Waals surface area contributed by atoms with Crippen molar-refractivity contribution in [3.05, 3.63) is 42.1 Å². The van der Waals surface area contributed by atoms with Crippen LogP contribution >= 0.6 is 11.8 Å². The molecule has 98 valence electrons. The lowest BCUT2D eigenvalue weighted by Gasteiger charge is -2.37. The summed E-state index contributed by atoms with van der Waals surface area (Å²) in [7, 11) is 0. The van der Waals surface area contributed by atoms with Crippen molar-refractivity contribution in [1.29, 1.82) is 0 Å². The lowest BCUT2D eigenvalue weighted by Crippen LogP contribution is -2.34. The Morgan fingerprint density at radius 3 is 2.68 bits per heavy atom. The van der Waals surface area contributed by atoms with Gasteiger partial charge in [-0.25, -0.2) is 0 Å². The molecule has 0 spiro atoms.